The number of fused-ring (bicyclic) bond motifs is 2. The van der Waals surface area contributed by atoms with Crippen molar-refractivity contribution in [1.29, 1.82) is 0 Å². The van der Waals surface area contributed by atoms with Gasteiger partial charge in [0.2, 0.25) is 20.0 Å². The van der Waals surface area contributed by atoms with Gasteiger partial charge < -0.3 is 50.3 Å². The molecule has 4 aliphatic heterocycles. The number of amides is 4. The maximum atomic E-state index is 16.1. The van der Waals surface area contributed by atoms with Gasteiger partial charge in [-0.15, -0.1) is 0 Å². The van der Waals surface area contributed by atoms with E-state index in [1.54, 1.807) is 24.3 Å². The molecule has 26 heteroatoms. The van der Waals surface area contributed by atoms with E-state index in [9.17, 15) is 26.4 Å². The lowest BCUT2D eigenvalue weighted by atomic mass is 9.79. The molecule has 4 heterocycles. The average molecular weight is 1230 g/mol. The molecule has 4 aromatic rings. The number of hydrogen-bond acceptors (Lipinski definition) is 12. The lowest BCUT2D eigenvalue weighted by molar-refractivity contribution is 0.113. The number of benzene rings is 4. The van der Waals surface area contributed by atoms with E-state index >= 15 is 8.78 Å². The van der Waals surface area contributed by atoms with Crippen LogP contribution in [0.1, 0.15) is 93.9 Å². The van der Waals surface area contributed by atoms with E-state index in [0.717, 1.165) is 22.3 Å². The van der Waals surface area contributed by atoms with Crippen LogP contribution in [0, 0.1) is 11.6 Å². The van der Waals surface area contributed by atoms with Crippen LogP contribution in [0.2, 0.25) is 20.1 Å². The van der Waals surface area contributed by atoms with Gasteiger partial charge in [0, 0.05) is 122 Å². The van der Waals surface area contributed by atoms with Gasteiger partial charge in [-0.3, -0.25) is 0 Å². The summed E-state index contributed by atoms with van der Waals surface area (Å²) in [7, 11) is -4.60. The molecule has 0 spiro atoms. The molecule has 4 amide bonds. The number of primary sulfonamides is 2. The Bertz CT molecular complexity index is 2930. The minimum Gasteiger partial charge on any atom is -0.378 e. The molecule has 2 saturated heterocycles. The number of hydrogen-bond donors (Lipinski definition) is 6. The lowest BCUT2D eigenvalue weighted by Gasteiger charge is -2.35. The first-order valence-electron chi connectivity index (χ1n) is 26.7. The number of likely N-dealkylation sites (N-methyl/N-ethyl adjacent to an activating group) is 2. The van der Waals surface area contributed by atoms with E-state index in [0.29, 0.717) is 160 Å². The Morgan fingerprint density at radius 3 is 1.35 bits per heavy atom. The standard InChI is InChI=1S/C54H70Cl4F2N10O8S2/c1-67-29-39-37(23-35(55)25-43(39)57)41(31-67)51-45(59)5-7-47(79(61,73)74)49(51)33-9-15-69(27-33)17-21-77-19-13-65-53(71)63-11-3-4-12-64-54(72)66-14-20-78-22-18-70-16-10-34(28-70)50-48(80(62,75)76)8-6-46(60)52(50)42-32-68(2)30-40-38(42)24-36(56)26-44(40)58/h5-8,23-26,33-34,41-42H,3-4,9-22,27-32H2,1-2H3,(H2,61,73,74)(H2,62,75,76)(H2,63,65,71)(H2,64,66,72)/t33-,34-,41?,42?/m1/s1. The number of carbonyl (C=O) groups is 2. The van der Waals surface area contributed by atoms with Crippen molar-refractivity contribution in [2.45, 2.75) is 72.2 Å². The van der Waals surface area contributed by atoms with Crippen LogP contribution in [0.3, 0.4) is 0 Å². The fourth-order valence-corrected chi connectivity index (χ4v) is 14.6. The molecule has 2 unspecified atom stereocenters. The van der Waals surface area contributed by atoms with Gasteiger partial charge in [0.1, 0.15) is 11.6 Å². The predicted molar refractivity (Wildman–Crippen MR) is 306 cm³/mol. The highest BCUT2D eigenvalue weighted by Gasteiger charge is 2.39. The number of nitrogens with two attached hydrogens (primary N) is 2. The second-order valence-electron chi connectivity index (χ2n) is 21.1. The van der Waals surface area contributed by atoms with Crippen molar-refractivity contribution < 1.29 is 44.7 Å². The topological polar surface area (TPSA) is 234 Å². The van der Waals surface area contributed by atoms with Gasteiger partial charge in [0.15, 0.2) is 0 Å². The third-order valence-corrected chi connectivity index (χ3v) is 18.4. The van der Waals surface area contributed by atoms with Crippen LogP contribution in [0.25, 0.3) is 0 Å². The zero-order chi connectivity index (χ0) is 57.5. The van der Waals surface area contributed by atoms with Crippen molar-refractivity contribution in [1.82, 2.24) is 40.9 Å². The Kier molecular flexibility index (Phi) is 21.4. The van der Waals surface area contributed by atoms with Crippen molar-refractivity contribution in [3.05, 3.63) is 125 Å². The molecule has 4 aliphatic rings. The fourth-order valence-electron chi connectivity index (χ4n) is 11.8. The van der Waals surface area contributed by atoms with Crippen molar-refractivity contribution in [3.8, 4) is 0 Å². The molecule has 0 saturated carbocycles. The molecule has 438 valence electrons. The zero-order valence-electron chi connectivity index (χ0n) is 44.8. The summed E-state index contributed by atoms with van der Waals surface area (Å²) in [5.74, 6) is -2.72. The minimum absolute atomic E-state index is 0.0891. The third-order valence-electron chi connectivity index (χ3n) is 15.4. The highest BCUT2D eigenvalue weighted by atomic mass is 35.5. The molecule has 0 aliphatic carbocycles. The van der Waals surface area contributed by atoms with Gasteiger partial charge in [-0.1, -0.05) is 46.4 Å². The predicted octanol–water partition coefficient (Wildman–Crippen LogP) is 6.72. The summed E-state index contributed by atoms with van der Waals surface area (Å²) >= 11 is 26.1. The van der Waals surface area contributed by atoms with Gasteiger partial charge in [-0.2, -0.15) is 0 Å². The van der Waals surface area contributed by atoms with Crippen LogP contribution in [0.4, 0.5) is 18.4 Å². The maximum absolute atomic E-state index is 16.1. The molecule has 4 aromatic carbocycles. The van der Waals surface area contributed by atoms with Gasteiger partial charge in [-0.05, 0) is 147 Å². The number of unbranched alkanes of at least 4 members (excludes halogenated alkanes) is 1. The van der Waals surface area contributed by atoms with Gasteiger partial charge in [0.25, 0.3) is 0 Å². The Morgan fingerprint density at radius 2 is 0.963 bits per heavy atom. The maximum Gasteiger partial charge on any atom is 0.314 e. The van der Waals surface area contributed by atoms with E-state index in [-0.39, 0.29) is 60.0 Å². The van der Waals surface area contributed by atoms with E-state index in [2.05, 4.69) is 31.1 Å². The number of halogens is 6. The van der Waals surface area contributed by atoms with Crippen molar-refractivity contribution in [2.24, 2.45) is 10.3 Å². The largest absolute Gasteiger partial charge is 0.378 e. The Morgan fingerprint density at radius 1 is 0.575 bits per heavy atom. The van der Waals surface area contributed by atoms with Crippen LogP contribution in [-0.4, -0.2) is 168 Å². The second kappa shape index (κ2) is 27.6. The molecule has 0 bridgehead atoms. The summed E-state index contributed by atoms with van der Waals surface area (Å²) in [6.45, 7) is 7.83. The molecule has 80 heavy (non-hydrogen) atoms. The first-order valence-corrected chi connectivity index (χ1v) is 31.3. The van der Waals surface area contributed by atoms with Crippen LogP contribution < -0.4 is 31.5 Å². The summed E-state index contributed by atoms with van der Waals surface area (Å²) in [6.07, 6.45) is 2.43. The number of sulfonamides is 2. The monoisotopic (exact) mass is 1230 g/mol. The molecule has 18 nitrogen and oxygen atoms in total. The number of rotatable bonds is 23. The molecular weight excluding hydrogens is 1160 g/mol. The van der Waals surface area contributed by atoms with Gasteiger partial charge in [0.05, 0.1) is 36.2 Å². The minimum atomic E-state index is -4.20. The summed E-state index contributed by atoms with van der Waals surface area (Å²) < 4.78 is 95.7. The summed E-state index contributed by atoms with van der Waals surface area (Å²) in [4.78, 5) is 32.9. The molecule has 0 aromatic heterocycles. The lowest BCUT2D eigenvalue weighted by Crippen LogP contribution is -2.39. The quantitative estimate of drug-likeness (QED) is 0.0425. The van der Waals surface area contributed by atoms with Gasteiger partial charge >= 0.3 is 12.1 Å². The highest BCUT2D eigenvalue weighted by Crippen LogP contribution is 2.47. The Labute approximate surface area is 487 Å². The van der Waals surface area contributed by atoms with Crippen molar-refractivity contribution in [3.63, 3.8) is 0 Å². The number of nitrogens with zero attached hydrogens (tertiary/aromatic N) is 4. The number of carbonyl (C=O) groups excluding carboxylic acids is 2. The fraction of sp³-hybridized carbons (Fsp3) is 0.519. The zero-order valence-corrected chi connectivity index (χ0v) is 49.4. The Hall–Kier alpha value is -3.98. The first kappa shape index (κ1) is 62.1. The van der Waals surface area contributed by atoms with Crippen LogP contribution >= 0.6 is 46.4 Å². The molecular formula is C54H70Cl4F2N10O8S2. The normalized spacial score (nSPS) is 20.2. The average Bonchev–Trinajstić information content (AvgIpc) is 4.08. The summed E-state index contributed by atoms with van der Waals surface area (Å²) in [6, 6.07) is 11.0. The van der Waals surface area contributed by atoms with Crippen LogP contribution in [-0.2, 0) is 42.6 Å². The number of urea groups is 2. The van der Waals surface area contributed by atoms with Crippen LogP contribution in [0.15, 0.2) is 58.3 Å². The molecule has 0 radical (unpaired) electrons. The Balaban J connectivity index is 0.680. The summed E-state index contributed by atoms with van der Waals surface area (Å²) in [5.41, 5.74) is 4.52. The van der Waals surface area contributed by atoms with Crippen molar-refractivity contribution in [2.75, 3.05) is 119 Å². The van der Waals surface area contributed by atoms with E-state index in [1.165, 1.54) is 24.3 Å². The number of likely N-dealkylation sites (tertiary alicyclic amines) is 2. The van der Waals surface area contributed by atoms with Crippen LogP contribution in [0.5, 0.6) is 0 Å². The SMILES string of the molecule is CN1Cc2c(Cl)cc(Cl)cc2C(c2c(F)ccc(S(N)(=O)=O)c2[C@@H]2CCN(CCOCCNC(=O)NCCCCNC(=O)NCCOCCN3CC[C@@H](c4c(S(N)(=O)=O)ccc(F)c4C4CN(C)Cc5c(Cl)cc(Cl)cc54)C3)C2)C1. The molecule has 8 rings (SSSR count). The highest BCUT2D eigenvalue weighted by molar-refractivity contribution is 7.89. The van der Waals surface area contributed by atoms with E-state index in [4.69, 9.17) is 66.2 Å². The first-order chi connectivity index (χ1) is 38.1. The van der Waals surface area contributed by atoms with E-state index < -0.39 is 43.5 Å². The molecule has 2 fully saturated rings. The van der Waals surface area contributed by atoms with Crippen molar-refractivity contribution >= 4 is 78.5 Å². The third kappa shape index (κ3) is 15.6. The number of nitrogens with one attached hydrogen (secondary N) is 4. The molecule has 4 atom stereocenters. The number of ether oxygens (including phenoxy) is 2. The molecule has 8 N–H and O–H groups in total. The second-order valence-corrected chi connectivity index (χ2v) is 25.9. The smallest absolute Gasteiger partial charge is 0.314 e. The van der Waals surface area contributed by atoms with Gasteiger partial charge in [-0.25, -0.2) is 45.5 Å². The van der Waals surface area contributed by atoms with E-state index in [1.807, 2.05) is 23.9 Å². The summed E-state index contributed by atoms with van der Waals surface area (Å²) in [5, 5.41) is 24.4.